The molecule has 1 aromatic heterocycles. The zero-order valence-electron chi connectivity index (χ0n) is 16.1. The highest BCUT2D eigenvalue weighted by Gasteiger charge is 2.39. The molecule has 6 heteroatoms. The highest BCUT2D eigenvalue weighted by Crippen LogP contribution is 2.45. The zero-order chi connectivity index (χ0) is 20.1. The molecule has 0 saturated carbocycles. The Balaban J connectivity index is 1.82. The highest BCUT2D eigenvalue weighted by atomic mass is 16.5. The van der Waals surface area contributed by atoms with Crippen LogP contribution in [0.1, 0.15) is 41.0 Å². The number of carbonyl (C=O) groups is 1. The summed E-state index contributed by atoms with van der Waals surface area (Å²) in [4.78, 5) is 16.7. The number of H-pyrrole nitrogens is 1. The van der Waals surface area contributed by atoms with Gasteiger partial charge in [0.25, 0.3) is 0 Å². The van der Waals surface area contributed by atoms with Crippen molar-refractivity contribution >= 4 is 16.7 Å². The minimum absolute atomic E-state index is 0.0128. The average Bonchev–Trinajstić information content (AvgIpc) is 3.10. The van der Waals surface area contributed by atoms with Gasteiger partial charge in [0, 0.05) is 28.1 Å². The van der Waals surface area contributed by atoms with Crippen molar-refractivity contribution < 1.29 is 24.5 Å². The highest BCUT2D eigenvalue weighted by molar-refractivity contribution is 6.20. The molecule has 0 fully saturated rings. The Hall–Kier alpha value is -2.83. The number of hydrogen-bond acceptors (Lipinski definition) is 5. The van der Waals surface area contributed by atoms with E-state index in [0.29, 0.717) is 16.9 Å². The molecule has 0 bridgehead atoms. The fourth-order valence-electron chi connectivity index (χ4n) is 3.85. The van der Waals surface area contributed by atoms with Crippen LogP contribution < -0.4 is 9.47 Å². The third-order valence-corrected chi connectivity index (χ3v) is 5.42. The number of benzene rings is 2. The zero-order valence-corrected chi connectivity index (χ0v) is 16.1. The van der Waals surface area contributed by atoms with Gasteiger partial charge in [-0.15, -0.1) is 0 Å². The van der Waals surface area contributed by atoms with E-state index in [0.717, 1.165) is 27.9 Å². The number of aliphatic hydroxyl groups is 2. The van der Waals surface area contributed by atoms with Gasteiger partial charge in [-0.25, -0.2) is 0 Å². The van der Waals surface area contributed by atoms with E-state index in [4.69, 9.17) is 14.6 Å². The first kappa shape index (κ1) is 18.5. The SMILES string of the molecule is COc1ccc2c3c([nH]c2c1)C(C)(C)c1cc(OC[C@H](O)CO)ccc1C3=O. The summed E-state index contributed by atoms with van der Waals surface area (Å²) in [7, 11) is 1.62. The molecular weight excluding hydrogens is 358 g/mol. The lowest BCUT2D eigenvalue weighted by Gasteiger charge is -2.32. The van der Waals surface area contributed by atoms with E-state index in [1.165, 1.54) is 0 Å². The second-order valence-corrected chi connectivity index (χ2v) is 7.60. The molecule has 146 valence electrons. The van der Waals surface area contributed by atoms with Crippen molar-refractivity contribution in [3.63, 3.8) is 0 Å². The minimum Gasteiger partial charge on any atom is -0.497 e. The topological polar surface area (TPSA) is 91.8 Å². The molecule has 0 unspecified atom stereocenters. The largest absolute Gasteiger partial charge is 0.497 e. The second-order valence-electron chi connectivity index (χ2n) is 7.60. The number of aromatic nitrogens is 1. The monoisotopic (exact) mass is 381 g/mol. The van der Waals surface area contributed by atoms with Crippen LogP contribution in [0.25, 0.3) is 10.9 Å². The molecule has 3 aromatic rings. The van der Waals surface area contributed by atoms with Gasteiger partial charge in [-0.1, -0.05) is 13.8 Å². The van der Waals surface area contributed by atoms with E-state index in [9.17, 15) is 9.90 Å². The Morgan fingerprint density at radius 3 is 2.61 bits per heavy atom. The normalized spacial score (nSPS) is 15.8. The summed E-state index contributed by atoms with van der Waals surface area (Å²) in [6.45, 7) is 3.75. The maximum atomic E-state index is 13.3. The number of ketones is 1. The first-order valence-corrected chi connectivity index (χ1v) is 9.18. The molecule has 0 saturated heterocycles. The Kier molecular flexibility index (Phi) is 4.40. The molecule has 28 heavy (non-hydrogen) atoms. The second kappa shape index (κ2) is 6.65. The summed E-state index contributed by atoms with van der Waals surface area (Å²) >= 11 is 0. The van der Waals surface area contributed by atoms with E-state index in [-0.39, 0.29) is 19.0 Å². The number of aliphatic hydroxyl groups excluding tert-OH is 2. The summed E-state index contributed by atoms with van der Waals surface area (Å²) in [6, 6.07) is 11.0. The van der Waals surface area contributed by atoms with Crippen LogP contribution in [0.5, 0.6) is 11.5 Å². The quantitative estimate of drug-likeness (QED) is 0.632. The maximum Gasteiger partial charge on any atom is 0.195 e. The van der Waals surface area contributed by atoms with Crippen molar-refractivity contribution in [1.29, 1.82) is 0 Å². The van der Waals surface area contributed by atoms with Crippen LogP contribution in [-0.4, -0.2) is 47.4 Å². The molecule has 1 aliphatic carbocycles. The number of carbonyl (C=O) groups excluding carboxylic acids is 1. The van der Waals surface area contributed by atoms with Crippen molar-refractivity contribution in [2.75, 3.05) is 20.3 Å². The van der Waals surface area contributed by atoms with Gasteiger partial charge in [-0.05, 0) is 35.9 Å². The van der Waals surface area contributed by atoms with Crippen molar-refractivity contribution in [2.45, 2.75) is 25.4 Å². The summed E-state index contributed by atoms with van der Waals surface area (Å²) in [6.07, 6.45) is -0.944. The third-order valence-electron chi connectivity index (χ3n) is 5.42. The number of aromatic amines is 1. The van der Waals surface area contributed by atoms with Crippen LogP contribution in [-0.2, 0) is 5.41 Å². The van der Waals surface area contributed by atoms with E-state index < -0.39 is 11.5 Å². The Morgan fingerprint density at radius 1 is 1.14 bits per heavy atom. The number of nitrogens with one attached hydrogen (secondary N) is 1. The summed E-state index contributed by atoms with van der Waals surface area (Å²) < 4.78 is 10.9. The molecule has 2 aromatic carbocycles. The van der Waals surface area contributed by atoms with E-state index in [2.05, 4.69) is 18.8 Å². The van der Waals surface area contributed by atoms with Crippen LogP contribution in [0.3, 0.4) is 0 Å². The molecule has 1 aliphatic rings. The van der Waals surface area contributed by atoms with Crippen LogP contribution in [0.2, 0.25) is 0 Å². The van der Waals surface area contributed by atoms with Crippen molar-refractivity contribution in [3.8, 4) is 11.5 Å². The predicted octanol–water partition coefficient (Wildman–Crippen LogP) is 2.78. The van der Waals surface area contributed by atoms with E-state index in [1.54, 1.807) is 19.2 Å². The number of fused-ring (bicyclic) bond motifs is 4. The van der Waals surface area contributed by atoms with Crippen molar-refractivity contribution in [3.05, 3.63) is 58.8 Å². The molecule has 6 nitrogen and oxygen atoms in total. The van der Waals surface area contributed by atoms with Gasteiger partial charge < -0.3 is 24.7 Å². The van der Waals surface area contributed by atoms with Crippen molar-refractivity contribution in [2.24, 2.45) is 0 Å². The lowest BCUT2D eigenvalue weighted by atomic mass is 9.71. The van der Waals surface area contributed by atoms with Crippen LogP contribution >= 0.6 is 0 Å². The summed E-state index contributed by atoms with van der Waals surface area (Å²) in [5, 5.41) is 19.3. The summed E-state index contributed by atoms with van der Waals surface area (Å²) in [5.74, 6) is 1.25. The van der Waals surface area contributed by atoms with Crippen LogP contribution in [0.4, 0.5) is 0 Å². The van der Waals surface area contributed by atoms with E-state index >= 15 is 0 Å². The lowest BCUT2D eigenvalue weighted by Crippen LogP contribution is -2.30. The summed E-state index contributed by atoms with van der Waals surface area (Å²) in [5.41, 5.74) is 3.48. The molecule has 0 radical (unpaired) electrons. The van der Waals surface area contributed by atoms with Crippen LogP contribution in [0.15, 0.2) is 36.4 Å². The molecule has 4 rings (SSSR count). The Morgan fingerprint density at radius 2 is 1.89 bits per heavy atom. The van der Waals surface area contributed by atoms with Gasteiger partial charge in [0.1, 0.15) is 24.2 Å². The molecule has 1 heterocycles. The Bertz CT molecular complexity index is 1070. The number of ether oxygens (including phenoxy) is 2. The first-order valence-electron chi connectivity index (χ1n) is 9.18. The first-order chi connectivity index (χ1) is 13.4. The van der Waals surface area contributed by atoms with Gasteiger partial charge in [0.05, 0.1) is 24.8 Å². The molecule has 0 amide bonds. The fourth-order valence-corrected chi connectivity index (χ4v) is 3.85. The van der Waals surface area contributed by atoms with Gasteiger partial charge in [0.2, 0.25) is 0 Å². The van der Waals surface area contributed by atoms with Crippen molar-refractivity contribution in [1.82, 2.24) is 4.98 Å². The smallest absolute Gasteiger partial charge is 0.195 e. The lowest BCUT2D eigenvalue weighted by molar-refractivity contribution is 0.0535. The predicted molar refractivity (Wildman–Crippen MR) is 105 cm³/mol. The fraction of sp³-hybridized carbons (Fsp3) is 0.318. The van der Waals surface area contributed by atoms with Gasteiger partial charge >= 0.3 is 0 Å². The molecule has 0 aliphatic heterocycles. The molecular formula is C22H23NO5. The number of methoxy groups -OCH3 is 1. The van der Waals surface area contributed by atoms with Gasteiger partial charge in [-0.3, -0.25) is 4.79 Å². The Labute approximate surface area is 162 Å². The third kappa shape index (κ3) is 2.77. The van der Waals surface area contributed by atoms with Crippen LogP contribution in [0, 0.1) is 0 Å². The number of hydrogen-bond donors (Lipinski definition) is 3. The minimum atomic E-state index is -0.944. The molecule has 1 atom stereocenters. The van der Waals surface area contributed by atoms with Gasteiger partial charge in [-0.2, -0.15) is 0 Å². The molecule has 0 spiro atoms. The standard InChI is InChI=1S/C22H23NO5/c1-22(2)17-8-14(28-11-12(25)10-24)5-6-15(17)20(26)19-16-7-4-13(27-3)9-18(16)23-21(19)22/h4-9,12,23-25H,10-11H2,1-3H3/t12-/m1/s1. The number of rotatable bonds is 5. The van der Waals surface area contributed by atoms with Gasteiger partial charge in [0.15, 0.2) is 5.78 Å². The average molecular weight is 381 g/mol. The van der Waals surface area contributed by atoms with E-state index in [1.807, 2.05) is 24.3 Å². The maximum absolute atomic E-state index is 13.3. The molecule has 3 N–H and O–H groups in total.